The van der Waals surface area contributed by atoms with Gasteiger partial charge >= 0.3 is 0 Å². The van der Waals surface area contributed by atoms with E-state index in [1.165, 1.54) is 0 Å². The van der Waals surface area contributed by atoms with Crippen LogP contribution in [-0.2, 0) is 0 Å². The molecule has 0 radical (unpaired) electrons. The Balaban J connectivity index is 2.24. The number of hydrogen-bond acceptors (Lipinski definition) is 2. The van der Waals surface area contributed by atoms with E-state index in [0.29, 0.717) is 15.7 Å². The molecule has 0 saturated carbocycles. The second kappa shape index (κ2) is 5.01. The number of nitrogens with one attached hydrogen (secondary N) is 1. The van der Waals surface area contributed by atoms with Crippen molar-refractivity contribution in [3.63, 3.8) is 0 Å². The minimum Gasteiger partial charge on any atom is -0.398 e. The molecule has 0 aliphatic heterocycles. The molecular formula is C13H11BrN2O. The highest BCUT2D eigenvalue weighted by Crippen LogP contribution is 2.24. The molecule has 0 atom stereocenters. The van der Waals surface area contributed by atoms with Crippen LogP contribution in [0.5, 0.6) is 0 Å². The highest BCUT2D eigenvalue weighted by Gasteiger charge is 2.11. The lowest BCUT2D eigenvalue weighted by atomic mass is 10.2. The average Bonchev–Trinajstić information content (AvgIpc) is 2.34. The summed E-state index contributed by atoms with van der Waals surface area (Å²) in [7, 11) is 0. The predicted octanol–water partition coefficient (Wildman–Crippen LogP) is 3.28. The maximum absolute atomic E-state index is 12.0. The third-order valence-corrected chi connectivity index (χ3v) is 3.19. The van der Waals surface area contributed by atoms with Gasteiger partial charge in [-0.1, -0.05) is 24.3 Å². The second-order valence-electron chi connectivity index (χ2n) is 3.53. The maximum atomic E-state index is 12.0. The molecule has 0 spiro atoms. The second-order valence-corrected chi connectivity index (χ2v) is 4.32. The van der Waals surface area contributed by atoms with Crippen LogP contribution in [0.2, 0.25) is 0 Å². The molecule has 1 amide bonds. The summed E-state index contributed by atoms with van der Waals surface area (Å²) in [5.74, 6) is -0.185. The van der Waals surface area contributed by atoms with Gasteiger partial charge < -0.3 is 11.1 Å². The lowest BCUT2D eigenvalue weighted by Crippen LogP contribution is -2.13. The molecule has 2 aromatic carbocycles. The molecule has 0 aliphatic carbocycles. The van der Waals surface area contributed by atoms with E-state index in [2.05, 4.69) is 21.2 Å². The largest absolute Gasteiger partial charge is 0.398 e. The number of para-hydroxylation sites is 1. The van der Waals surface area contributed by atoms with E-state index in [1.54, 1.807) is 18.2 Å². The summed E-state index contributed by atoms with van der Waals surface area (Å²) < 4.78 is 0.619. The van der Waals surface area contributed by atoms with Gasteiger partial charge in [0, 0.05) is 11.4 Å². The summed E-state index contributed by atoms with van der Waals surface area (Å²) in [5, 5.41) is 2.80. The molecule has 3 nitrogen and oxygen atoms in total. The van der Waals surface area contributed by atoms with E-state index in [9.17, 15) is 4.79 Å². The topological polar surface area (TPSA) is 55.1 Å². The first-order valence-electron chi connectivity index (χ1n) is 5.09. The van der Waals surface area contributed by atoms with Crippen molar-refractivity contribution < 1.29 is 4.79 Å². The Labute approximate surface area is 108 Å². The van der Waals surface area contributed by atoms with Crippen LogP contribution in [0.1, 0.15) is 10.4 Å². The zero-order valence-electron chi connectivity index (χ0n) is 8.98. The van der Waals surface area contributed by atoms with Crippen LogP contribution >= 0.6 is 15.9 Å². The van der Waals surface area contributed by atoms with Gasteiger partial charge in [-0.3, -0.25) is 4.79 Å². The number of nitrogen functional groups attached to an aromatic ring is 1. The van der Waals surface area contributed by atoms with Gasteiger partial charge in [0.15, 0.2) is 0 Å². The summed E-state index contributed by atoms with van der Waals surface area (Å²) in [6.45, 7) is 0. The summed E-state index contributed by atoms with van der Waals surface area (Å²) in [6.07, 6.45) is 0. The monoisotopic (exact) mass is 290 g/mol. The van der Waals surface area contributed by atoms with Crippen LogP contribution in [0.4, 0.5) is 11.4 Å². The fraction of sp³-hybridized carbons (Fsp3) is 0. The summed E-state index contributed by atoms with van der Waals surface area (Å²) in [5.41, 5.74) is 7.55. The van der Waals surface area contributed by atoms with Gasteiger partial charge in [0.25, 0.3) is 5.91 Å². The van der Waals surface area contributed by atoms with Crippen molar-refractivity contribution in [3.8, 4) is 0 Å². The highest BCUT2D eigenvalue weighted by molar-refractivity contribution is 9.10. The molecule has 0 fully saturated rings. The molecule has 3 N–H and O–H groups in total. The smallest absolute Gasteiger partial charge is 0.256 e. The van der Waals surface area contributed by atoms with Gasteiger partial charge in [0.1, 0.15) is 0 Å². The van der Waals surface area contributed by atoms with Crippen molar-refractivity contribution in [2.24, 2.45) is 0 Å². The third kappa shape index (κ3) is 2.65. The fourth-order valence-electron chi connectivity index (χ4n) is 1.45. The van der Waals surface area contributed by atoms with Crippen LogP contribution in [0.3, 0.4) is 0 Å². The minimum absolute atomic E-state index is 0.185. The number of rotatable bonds is 2. The number of nitrogens with two attached hydrogens (primary N) is 1. The van der Waals surface area contributed by atoms with Crippen LogP contribution in [-0.4, -0.2) is 5.91 Å². The Hall–Kier alpha value is -1.81. The molecule has 2 rings (SSSR count). The van der Waals surface area contributed by atoms with Gasteiger partial charge in [0.05, 0.1) is 10.0 Å². The number of benzene rings is 2. The first-order chi connectivity index (χ1) is 8.18. The number of amides is 1. The van der Waals surface area contributed by atoms with Gasteiger partial charge in [-0.2, -0.15) is 0 Å². The number of halogens is 1. The van der Waals surface area contributed by atoms with E-state index >= 15 is 0 Å². The Morgan fingerprint density at radius 2 is 1.76 bits per heavy atom. The van der Waals surface area contributed by atoms with Gasteiger partial charge in [-0.05, 0) is 40.2 Å². The number of anilines is 2. The van der Waals surface area contributed by atoms with Crippen LogP contribution in [0.15, 0.2) is 53.0 Å². The third-order valence-electron chi connectivity index (χ3n) is 2.30. The van der Waals surface area contributed by atoms with E-state index < -0.39 is 0 Å². The number of carbonyl (C=O) groups is 1. The van der Waals surface area contributed by atoms with E-state index in [0.717, 1.165) is 5.69 Å². The number of carbonyl (C=O) groups excluding carboxylic acids is 1. The standard InChI is InChI=1S/C13H11BrN2O/c14-12-10(7-4-8-11(12)15)13(17)16-9-5-2-1-3-6-9/h1-8H,15H2,(H,16,17). The van der Waals surface area contributed by atoms with Gasteiger partial charge in [-0.25, -0.2) is 0 Å². The van der Waals surface area contributed by atoms with Crippen molar-refractivity contribution >= 4 is 33.2 Å². The van der Waals surface area contributed by atoms with E-state index in [-0.39, 0.29) is 5.91 Å². The minimum atomic E-state index is -0.185. The average molecular weight is 291 g/mol. The Bertz CT molecular complexity index is 540. The molecule has 4 heteroatoms. The summed E-state index contributed by atoms with van der Waals surface area (Å²) >= 11 is 3.31. The van der Waals surface area contributed by atoms with Crippen molar-refractivity contribution in [3.05, 3.63) is 58.6 Å². The van der Waals surface area contributed by atoms with Crippen molar-refractivity contribution in [2.75, 3.05) is 11.1 Å². The molecule has 0 heterocycles. The van der Waals surface area contributed by atoms with Crippen LogP contribution in [0.25, 0.3) is 0 Å². The van der Waals surface area contributed by atoms with Crippen molar-refractivity contribution in [1.29, 1.82) is 0 Å². The Morgan fingerprint density at radius 1 is 1.06 bits per heavy atom. The van der Waals surface area contributed by atoms with Gasteiger partial charge in [0.2, 0.25) is 0 Å². The maximum Gasteiger partial charge on any atom is 0.256 e. The summed E-state index contributed by atoms with van der Waals surface area (Å²) in [4.78, 5) is 12.0. The molecular weight excluding hydrogens is 280 g/mol. The normalized spacial score (nSPS) is 9.94. The van der Waals surface area contributed by atoms with E-state index in [1.807, 2.05) is 30.3 Å². The first-order valence-corrected chi connectivity index (χ1v) is 5.88. The quantitative estimate of drug-likeness (QED) is 0.834. The SMILES string of the molecule is Nc1cccc(C(=O)Nc2ccccc2)c1Br. The highest BCUT2D eigenvalue weighted by atomic mass is 79.9. The van der Waals surface area contributed by atoms with Crippen LogP contribution < -0.4 is 11.1 Å². The summed E-state index contributed by atoms with van der Waals surface area (Å²) in [6, 6.07) is 14.5. The molecule has 17 heavy (non-hydrogen) atoms. The first kappa shape index (κ1) is 11.7. The molecule has 0 bridgehead atoms. The van der Waals surface area contributed by atoms with E-state index in [4.69, 9.17) is 5.73 Å². The lowest BCUT2D eigenvalue weighted by Gasteiger charge is -2.08. The molecule has 0 saturated heterocycles. The number of hydrogen-bond donors (Lipinski definition) is 2. The molecule has 0 aromatic heterocycles. The molecule has 0 unspecified atom stereocenters. The Morgan fingerprint density at radius 3 is 2.47 bits per heavy atom. The van der Waals surface area contributed by atoms with Crippen LogP contribution in [0, 0.1) is 0 Å². The fourth-order valence-corrected chi connectivity index (χ4v) is 1.89. The lowest BCUT2D eigenvalue weighted by molar-refractivity contribution is 0.102. The van der Waals surface area contributed by atoms with Gasteiger partial charge in [-0.15, -0.1) is 0 Å². The van der Waals surface area contributed by atoms with Crippen molar-refractivity contribution in [1.82, 2.24) is 0 Å². The molecule has 0 aliphatic rings. The molecule has 86 valence electrons. The Kier molecular flexibility index (Phi) is 3.44. The van der Waals surface area contributed by atoms with Crippen molar-refractivity contribution in [2.45, 2.75) is 0 Å². The molecule has 2 aromatic rings. The predicted molar refractivity (Wildman–Crippen MR) is 72.9 cm³/mol. The zero-order valence-corrected chi connectivity index (χ0v) is 10.6. The zero-order chi connectivity index (χ0) is 12.3.